The van der Waals surface area contributed by atoms with Gasteiger partial charge in [0.2, 0.25) is 0 Å². The van der Waals surface area contributed by atoms with Crippen LogP contribution in [0.3, 0.4) is 0 Å². The van der Waals surface area contributed by atoms with Crippen LogP contribution in [0, 0.1) is 6.92 Å². The Hall–Kier alpha value is -3.49. The molecular formula is C31H24BrCl3F3N3O5S. The van der Waals surface area contributed by atoms with E-state index in [1.807, 2.05) is 0 Å². The Labute approximate surface area is 292 Å². The lowest BCUT2D eigenvalue weighted by Gasteiger charge is -2.25. The maximum atomic E-state index is 13.6. The largest absolute Gasteiger partial charge is 0.493 e. The predicted molar refractivity (Wildman–Crippen MR) is 179 cm³/mol. The number of rotatable bonds is 11. The number of aryl methyl sites for hydroxylation is 1. The van der Waals surface area contributed by atoms with Gasteiger partial charge in [-0.25, -0.2) is 13.8 Å². The number of ether oxygens (including phenoxy) is 2. The summed E-state index contributed by atoms with van der Waals surface area (Å²) < 4.78 is 80.4. The van der Waals surface area contributed by atoms with E-state index in [0.29, 0.717) is 42.0 Å². The number of anilines is 1. The number of alkyl halides is 3. The van der Waals surface area contributed by atoms with E-state index in [4.69, 9.17) is 44.3 Å². The van der Waals surface area contributed by atoms with Gasteiger partial charge >= 0.3 is 6.18 Å². The minimum atomic E-state index is -4.88. The first-order valence-electron chi connectivity index (χ1n) is 13.3. The summed E-state index contributed by atoms with van der Waals surface area (Å²) in [4.78, 5) is 12.7. The number of hydrogen-bond donors (Lipinski definition) is 1. The van der Waals surface area contributed by atoms with Crippen molar-refractivity contribution >= 4 is 78.6 Å². The second-order valence-electron chi connectivity index (χ2n) is 9.85. The molecule has 0 spiro atoms. The number of hydrazone groups is 1. The van der Waals surface area contributed by atoms with Gasteiger partial charge in [0.1, 0.15) is 13.2 Å². The van der Waals surface area contributed by atoms with Crippen LogP contribution in [0.2, 0.25) is 15.1 Å². The number of amides is 1. The topological polar surface area (TPSA) is 97.3 Å². The van der Waals surface area contributed by atoms with Gasteiger partial charge in [0, 0.05) is 0 Å². The molecule has 0 bridgehead atoms. The molecule has 248 valence electrons. The van der Waals surface area contributed by atoms with E-state index in [1.54, 1.807) is 37.3 Å². The van der Waals surface area contributed by atoms with Crippen molar-refractivity contribution in [3.05, 3.63) is 115 Å². The van der Waals surface area contributed by atoms with Gasteiger partial charge in [-0.3, -0.25) is 9.10 Å². The molecule has 0 aliphatic heterocycles. The highest BCUT2D eigenvalue weighted by Gasteiger charge is 2.35. The molecule has 0 unspecified atom stereocenters. The highest BCUT2D eigenvalue weighted by atomic mass is 79.9. The molecule has 1 N–H and O–H groups in total. The Bertz CT molecular complexity index is 1930. The number of nitrogens with one attached hydrogen (secondary N) is 1. The maximum Gasteiger partial charge on any atom is 0.417 e. The van der Waals surface area contributed by atoms with E-state index < -0.39 is 44.9 Å². The van der Waals surface area contributed by atoms with Crippen molar-refractivity contribution in [2.24, 2.45) is 5.10 Å². The van der Waals surface area contributed by atoms with Gasteiger partial charge in [-0.15, -0.1) is 0 Å². The van der Waals surface area contributed by atoms with Gasteiger partial charge in [-0.05, 0) is 88.6 Å². The van der Waals surface area contributed by atoms with Gasteiger partial charge in [0.15, 0.2) is 11.5 Å². The number of methoxy groups -OCH3 is 1. The van der Waals surface area contributed by atoms with Crippen molar-refractivity contribution in [3.8, 4) is 11.5 Å². The molecule has 16 heteroatoms. The average molecular weight is 794 g/mol. The molecule has 0 heterocycles. The number of carbonyl (C=O) groups excluding carboxylic acids is 1. The number of carbonyl (C=O) groups is 1. The van der Waals surface area contributed by atoms with Crippen LogP contribution >= 0.6 is 50.7 Å². The summed E-state index contributed by atoms with van der Waals surface area (Å²) in [5.74, 6) is -0.239. The van der Waals surface area contributed by atoms with E-state index in [9.17, 15) is 26.4 Å². The first-order valence-corrected chi connectivity index (χ1v) is 16.7. The zero-order valence-corrected chi connectivity index (χ0v) is 29.1. The summed E-state index contributed by atoms with van der Waals surface area (Å²) in [5, 5.41) is 4.05. The fourth-order valence-corrected chi connectivity index (χ4v) is 6.65. The van der Waals surface area contributed by atoms with E-state index >= 15 is 0 Å². The van der Waals surface area contributed by atoms with Crippen molar-refractivity contribution in [2.45, 2.75) is 24.6 Å². The van der Waals surface area contributed by atoms with Crippen molar-refractivity contribution < 1.29 is 35.9 Å². The molecule has 0 saturated carbocycles. The summed E-state index contributed by atoms with van der Waals surface area (Å²) in [6, 6.07) is 16.5. The fraction of sp³-hybridized carbons (Fsp3) is 0.161. The lowest BCUT2D eigenvalue weighted by Crippen LogP contribution is -2.39. The Balaban J connectivity index is 1.55. The lowest BCUT2D eigenvalue weighted by atomic mass is 10.2. The smallest absolute Gasteiger partial charge is 0.417 e. The Morgan fingerprint density at radius 3 is 2.30 bits per heavy atom. The van der Waals surface area contributed by atoms with Crippen LogP contribution < -0.4 is 19.2 Å². The van der Waals surface area contributed by atoms with Gasteiger partial charge < -0.3 is 9.47 Å². The quantitative estimate of drug-likeness (QED) is 0.121. The summed E-state index contributed by atoms with van der Waals surface area (Å²) in [6.45, 7) is 0.983. The van der Waals surface area contributed by atoms with Gasteiger partial charge in [-0.2, -0.15) is 18.3 Å². The summed E-state index contributed by atoms with van der Waals surface area (Å²) in [5.41, 5.74) is 2.49. The standard InChI is InChI=1S/C31H24BrCl3F3N3O5S/c1-18-3-7-22(8-4-18)47(43,44)41(21-6-10-25(33)23(14-21)31(36,37)38)16-29(42)40-39-15-20-11-24(32)30(28(13-20)45-2)46-17-19-5-9-26(34)27(35)12-19/h3-15H,16-17H2,1-2H3,(H,40,42)/b39-15-. The minimum absolute atomic E-state index is 0.148. The third-order valence-corrected chi connectivity index (χ3v) is 9.91. The van der Waals surface area contributed by atoms with Gasteiger partial charge in [0.05, 0.1) is 49.0 Å². The van der Waals surface area contributed by atoms with Gasteiger partial charge in [-0.1, -0.05) is 58.6 Å². The van der Waals surface area contributed by atoms with E-state index in [2.05, 4.69) is 26.5 Å². The average Bonchev–Trinajstić information content (AvgIpc) is 3.00. The third kappa shape index (κ3) is 9.11. The van der Waals surface area contributed by atoms with Crippen molar-refractivity contribution in [1.29, 1.82) is 0 Å². The molecule has 4 aromatic rings. The molecule has 0 aliphatic rings. The Morgan fingerprint density at radius 1 is 0.979 bits per heavy atom. The van der Waals surface area contributed by atoms with Crippen molar-refractivity contribution in [2.75, 3.05) is 18.0 Å². The molecule has 1 amide bonds. The van der Waals surface area contributed by atoms with Crippen LogP contribution in [-0.4, -0.2) is 34.2 Å². The zero-order chi connectivity index (χ0) is 34.5. The molecule has 0 radical (unpaired) electrons. The van der Waals surface area contributed by atoms with Crippen LogP contribution in [0.5, 0.6) is 11.5 Å². The summed E-state index contributed by atoms with van der Waals surface area (Å²) >= 11 is 21.2. The number of sulfonamides is 1. The highest BCUT2D eigenvalue weighted by Crippen LogP contribution is 2.39. The van der Waals surface area contributed by atoms with Crippen LogP contribution in [0.4, 0.5) is 18.9 Å². The Kier molecular flexibility index (Phi) is 11.7. The maximum absolute atomic E-state index is 13.6. The molecule has 0 atom stereocenters. The van der Waals surface area contributed by atoms with E-state index in [1.165, 1.54) is 37.6 Å². The zero-order valence-electron chi connectivity index (χ0n) is 24.4. The van der Waals surface area contributed by atoms with Crippen molar-refractivity contribution in [1.82, 2.24) is 5.43 Å². The first-order chi connectivity index (χ1) is 22.1. The number of nitrogens with zero attached hydrogens (tertiary/aromatic N) is 2. The second kappa shape index (κ2) is 15.2. The van der Waals surface area contributed by atoms with Crippen LogP contribution in [0.1, 0.15) is 22.3 Å². The molecule has 4 rings (SSSR count). The highest BCUT2D eigenvalue weighted by molar-refractivity contribution is 9.10. The summed E-state index contributed by atoms with van der Waals surface area (Å²) in [7, 11) is -3.08. The minimum Gasteiger partial charge on any atom is -0.493 e. The number of halogens is 7. The monoisotopic (exact) mass is 791 g/mol. The molecule has 47 heavy (non-hydrogen) atoms. The molecule has 0 saturated heterocycles. The molecule has 8 nitrogen and oxygen atoms in total. The molecular weight excluding hydrogens is 770 g/mol. The lowest BCUT2D eigenvalue weighted by molar-refractivity contribution is -0.137. The van der Waals surface area contributed by atoms with Crippen molar-refractivity contribution in [3.63, 3.8) is 0 Å². The molecule has 4 aromatic carbocycles. The molecule has 0 aromatic heterocycles. The molecule has 0 aliphatic carbocycles. The normalized spacial score (nSPS) is 11.9. The Morgan fingerprint density at radius 2 is 1.66 bits per heavy atom. The fourth-order valence-electron chi connectivity index (χ4n) is 4.12. The van der Waals surface area contributed by atoms with E-state index in [0.717, 1.165) is 23.3 Å². The third-order valence-electron chi connectivity index (χ3n) is 6.46. The second-order valence-corrected chi connectivity index (χ2v) is 13.8. The molecule has 0 fully saturated rings. The predicted octanol–water partition coefficient (Wildman–Crippen LogP) is 8.67. The van der Waals surface area contributed by atoms with Crippen LogP contribution in [-0.2, 0) is 27.6 Å². The number of benzene rings is 4. The number of hydrogen-bond acceptors (Lipinski definition) is 6. The SMILES string of the molecule is COc1cc(/C=N\NC(=O)CN(c2ccc(Cl)c(C(F)(F)F)c2)S(=O)(=O)c2ccc(C)cc2)cc(Br)c1OCc1ccc(Cl)c(Cl)c1. The van der Waals surface area contributed by atoms with Crippen LogP contribution in [0.15, 0.2) is 87.3 Å². The summed E-state index contributed by atoms with van der Waals surface area (Å²) in [6.07, 6.45) is -3.62. The van der Waals surface area contributed by atoms with Crippen LogP contribution in [0.25, 0.3) is 0 Å². The first kappa shape index (κ1) is 36.3. The van der Waals surface area contributed by atoms with Gasteiger partial charge in [0.25, 0.3) is 15.9 Å². The van der Waals surface area contributed by atoms with E-state index in [-0.39, 0.29) is 11.5 Å².